The van der Waals surface area contributed by atoms with Gasteiger partial charge in [-0.2, -0.15) is 0 Å². The van der Waals surface area contributed by atoms with Crippen molar-refractivity contribution in [3.63, 3.8) is 0 Å². The third kappa shape index (κ3) is 3.71. The number of nitrogens with zero attached hydrogens (tertiary/aromatic N) is 2. The molecule has 0 unspecified atom stereocenters. The molecule has 0 spiro atoms. The predicted molar refractivity (Wildman–Crippen MR) is 196 cm³/mol. The van der Waals surface area contributed by atoms with Crippen LogP contribution >= 0.6 is 0 Å². The molecule has 0 saturated heterocycles. The summed E-state index contributed by atoms with van der Waals surface area (Å²) < 4.78 is 4.84. The molecule has 2 heterocycles. The van der Waals surface area contributed by atoms with Gasteiger partial charge in [-0.05, 0) is 81.2 Å². The zero-order chi connectivity index (χ0) is 30.2. The van der Waals surface area contributed by atoms with Crippen LogP contribution in [0.2, 0.25) is 0 Å². The Hall–Kier alpha value is -6.12. The van der Waals surface area contributed by atoms with Gasteiger partial charge in [0.2, 0.25) is 0 Å². The SMILES string of the molecule is c1ccc2cc(-n3c4ccccc4c4ccc(-c5ccc6c7ccccc7n(-c7ccc8ccccc8c7)c6c5)cc43)ccc2c1. The van der Waals surface area contributed by atoms with Crippen molar-refractivity contribution in [2.45, 2.75) is 0 Å². The van der Waals surface area contributed by atoms with E-state index in [-0.39, 0.29) is 0 Å². The molecule has 0 aliphatic carbocycles. The van der Waals surface area contributed by atoms with E-state index in [4.69, 9.17) is 0 Å². The number of benzene rings is 8. The highest BCUT2D eigenvalue weighted by atomic mass is 15.0. The summed E-state index contributed by atoms with van der Waals surface area (Å²) in [5.74, 6) is 0. The zero-order valence-electron chi connectivity index (χ0n) is 25.1. The Bertz CT molecular complexity index is 2620. The maximum atomic E-state index is 2.42. The number of fused-ring (bicyclic) bond motifs is 8. The topological polar surface area (TPSA) is 9.86 Å². The van der Waals surface area contributed by atoms with Gasteiger partial charge in [0.15, 0.2) is 0 Å². The Morgan fingerprint density at radius 2 is 0.652 bits per heavy atom. The summed E-state index contributed by atoms with van der Waals surface area (Å²) in [6.07, 6.45) is 0. The largest absolute Gasteiger partial charge is 0.309 e. The summed E-state index contributed by atoms with van der Waals surface area (Å²) in [4.78, 5) is 0. The Labute approximate surface area is 266 Å². The molecule has 0 fully saturated rings. The van der Waals surface area contributed by atoms with E-state index in [1.807, 2.05) is 0 Å². The molecule has 0 aliphatic rings. The minimum atomic E-state index is 1.17. The molecule has 10 rings (SSSR count). The summed E-state index contributed by atoms with van der Waals surface area (Å²) in [7, 11) is 0. The maximum absolute atomic E-state index is 2.42. The van der Waals surface area contributed by atoms with E-state index in [0.29, 0.717) is 0 Å². The molecule has 0 atom stereocenters. The van der Waals surface area contributed by atoms with E-state index >= 15 is 0 Å². The third-order valence-corrected chi connectivity index (χ3v) is 9.66. The summed E-state index contributed by atoms with van der Waals surface area (Å²) in [6.45, 7) is 0. The fraction of sp³-hybridized carbons (Fsp3) is 0. The minimum absolute atomic E-state index is 1.17. The van der Waals surface area contributed by atoms with Gasteiger partial charge in [0.1, 0.15) is 0 Å². The van der Waals surface area contributed by atoms with E-state index < -0.39 is 0 Å². The molecule has 0 aliphatic heterocycles. The average molecular weight is 585 g/mol. The van der Waals surface area contributed by atoms with Gasteiger partial charge in [0.05, 0.1) is 22.1 Å². The van der Waals surface area contributed by atoms with Gasteiger partial charge in [-0.15, -0.1) is 0 Å². The summed E-state index contributed by atoms with van der Waals surface area (Å²) in [5, 5.41) is 10.1. The van der Waals surface area contributed by atoms with Crippen LogP contribution in [-0.4, -0.2) is 9.13 Å². The number of para-hydroxylation sites is 2. The van der Waals surface area contributed by atoms with Crippen LogP contribution in [0.15, 0.2) is 170 Å². The molecule has 0 N–H and O–H groups in total. The van der Waals surface area contributed by atoms with Gasteiger partial charge in [-0.3, -0.25) is 0 Å². The van der Waals surface area contributed by atoms with E-state index in [2.05, 4.69) is 179 Å². The highest BCUT2D eigenvalue weighted by Gasteiger charge is 2.16. The van der Waals surface area contributed by atoms with Gasteiger partial charge in [-0.25, -0.2) is 0 Å². The molecule has 214 valence electrons. The molecule has 2 nitrogen and oxygen atoms in total. The van der Waals surface area contributed by atoms with Crippen molar-refractivity contribution in [1.29, 1.82) is 0 Å². The molecule has 2 aromatic heterocycles. The van der Waals surface area contributed by atoms with Crippen molar-refractivity contribution in [3.8, 4) is 22.5 Å². The number of aromatic nitrogens is 2. The lowest BCUT2D eigenvalue weighted by Crippen LogP contribution is -1.95. The number of hydrogen-bond acceptors (Lipinski definition) is 0. The molecule has 2 heteroatoms. The van der Waals surface area contributed by atoms with E-state index in [0.717, 1.165) is 0 Å². The van der Waals surface area contributed by atoms with E-state index in [1.54, 1.807) is 0 Å². The Kier molecular flexibility index (Phi) is 5.31. The van der Waals surface area contributed by atoms with Gasteiger partial charge in [-0.1, -0.05) is 121 Å². The molecule has 0 saturated carbocycles. The van der Waals surface area contributed by atoms with Crippen LogP contribution in [0.3, 0.4) is 0 Å². The normalized spacial score (nSPS) is 11.9. The number of rotatable bonds is 3. The molecule has 0 radical (unpaired) electrons. The minimum Gasteiger partial charge on any atom is -0.309 e. The van der Waals surface area contributed by atoms with Crippen LogP contribution in [0.4, 0.5) is 0 Å². The van der Waals surface area contributed by atoms with Crippen molar-refractivity contribution in [1.82, 2.24) is 9.13 Å². The monoisotopic (exact) mass is 584 g/mol. The lowest BCUT2D eigenvalue weighted by Gasteiger charge is -2.12. The quantitative estimate of drug-likeness (QED) is 0.195. The van der Waals surface area contributed by atoms with E-state index in [1.165, 1.54) is 87.7 Å². The van der Waals surface area contributed by atoms with Crippen molar-refractivity contribution in [2.24, 2.45) is 0 Å². The number of hydrogen-bond donors (Lipinski definition) is 0. The van der Waals surface area contributed by atoms with Crippen molar-refractivity contribution >= 4 is 65.2 Å². The lowest BCUT2D eigenvalue weighted by molar-refractivity contribution is 1.18. The van der Waals surface area contributed by atoms with Crippen molar-refractivity contribution in [2.75, 3.05) is 0 Å². The second-order valence-corrected chi connectivity index (χ2v) is 12.2. The highest BCUT2D eigenvalue weighted by molar-refractivity contribution is 6.12. The predicted octanol–water partition coefficient (Wildman–Crippen LogP) is 11.9. The van der Waals surface area contributed by atoms with Gasteiger partial charge in [0, 0.05) is 32.9 Å². The second-order valence-electron chi connectivity index (χ2n) is 12.2. The smallest absolute Gasteiger partial charge is 0.0547 e. The summed E-state index contributed by atoms with van der Waals surface area (Å²) >= 11 is 0. The molecule has 0 bridgehead atoms. The summed E-state index contributed by atoms with van der Waals surface area (Å²) in [6, 6.07) is 62.1. The summed E-state index contributed by atoms with van der Waals surface area (Å²) in [5.41, 5.74) is 9.62. The Balaban J connectivity index is 1.21. The average Bonchev–Trinajstić information content (AvgIpc) is 3.63. The van der Waals surface area contributed by atoms with Gasteiger partial charge < -0.3 is 9.13 Å². The van der Waals surface area contributed by atoms with E-state index in [9.17, 15) is 0 Å². The van der Waals surface area contributed by atoms with Gasteiger partial charge in [0.25, 0.3) is 0 Å². The van der Waals surface area contributed by atoms with Crippen LogP contribution in [-0.2, 0) is 0 Å². The molecule has 8 aromatic carbocycles. The standard InChI is InChI=1S/C44H28N2/c1-3-11-31-25-35(21-17-29(31)9-1)45-41-15-7-5-13-37(41)39-23-19-33(27-43(39)45)34-20-24-40-38-14-6-8-16-42(38)46(44(40)28-34)36-22-18-30-10-2-4-12-32(30)26-36/h1-28H. The first-order valence-corrected chi connectivity index (χ1v) is 15.9. The van der Waals surface area contributed by atoms with Crippen LogP contribution < -0.4 is 0 Å². The highest BCUT2D eigenvalue weighted by Crippen LogP contribution is 2.38. The molecular weight excluding hydrogens is 556 g/mol. The maximum Gasteiger partial charge on any atom is 0.0547 e. The zero-order valence-corrected chi connectivity index (χ0v) is 25.1. The van der Waals surface area contributed by atoms with Gasteiger partial charge >= 0.3 is 0 Å². The first-order valence-electron chi connectivity index (χ1n) is 15.9. The Morgan fingerprint density at radius 3 is 1.13 bits per heavy atom. The van der Waals surface area contributed by atoms with Crippen LogP contribution in [0.25, 0.3) is 87.7 Å². The first-order chi connectivity index (χ1) is 22.8. The van der Waals surface area contributed by atoms with Crippen LogP contribution in [0, 0.1) is 0 Å². The molecule has 46 heavy (non-hydrogen) atoms. The molecule has 0 amide bonds. The molecule has 10 aromatic rings. The second kappa shape index (κ2) is 9.69. The first kappa shape index (κ1) is 25.2. The van der Waals surface area contributed by atoms with Crippen molar-refractivity contribution < 1.29 is 0 Å². The van der Waals surface area contributed by atoms with Crippen LogP contribution in [0.1, 0.15) is 0 Å². The van der Waals surface area contributed by atoms with Crippen LogP contribution in [0.5, 0.6) is 0 Å². The fourth-order valence-electron chi connectivity index (χ4n) is 7.49. The van der Waals surface area contributed by atoms with Crippen molar-refractivity contribution in [3.05, 3.63) is 170 Å². The fourth-order valence-corrected chi connectivity index (χ4v) is 7.49. The third-order valence-electron chi connectivity index (χ3n) is 9.66. The Morgan fingerprint density at radius 1 is 0.261 bits per heavy atom. The molecular formula is C44H28N2. The lowest BCUT2D eigenvalue weighted by atomic mass is 10.0.